The summed E-state index contributed by atoms with van der Waals surface area (Å²) >= 11 is 0. The monoisotopic (exact) mass is 189 g/mol. The molecule has 2 aliphatic carbocycles. The molecule has 2 aliphatic rings. The summed E-state index contributed by atoms with van der Waals surface area (Å²) in [6.07, 6.45) is 2.32. The predicted molar refractivity (Wildman–Crippen MR) is 45.1 cm³/mol. The Labute approximate surface area is 72.9 Å². The van der Waals surface area contributed by atoms with Crippen LogP contribution in [0.3, 0.4) is 0 Å². The number of hydrogen-bond donors (Lipinski definition) is 1. The standard InChI is InChI=1S/C8H13O3S/c1-5-2-6-3-7(4-8(5)6)12(9,10)11/h5,7-8H,2-4H2,1H3,(H,9,10,11). The molecule has 4 heteroatoms. The van der Waals surface area contributed by atoms with Crippen molar-refractivity contribution in [2.75, 3.05) is 0 Å². The second-order valence-electron chi connectivity index (χ2n) is 4.02. The minimum atomic E-state index is -3.77. The van der Waals surface area contributed by atoms with Gasteiger partial charge in [0.1, 0.15) is 0 Å². The lowest BCUT2D eigenvalue weighted by Crippen LogP contribution is -2.27. The molecule has 0 aromatic rings. The third kappa shape index (κ3) is 1.17. The molecule has 1 radical (unpaired) electrons. The summed E-state index contributed by atoms with van der Waals surface area (Å²) < 4.78 is 30.4. The van der Waals surface area contributed by atoms with E-state index in [9.17, 15) is 8.42 Å². The Morgan fingerprint density at radius 3 is 2.50 bits per heavy atom. The molecule has 69 valence electrons. The zero-order valence-electron chi connectivity index (χ0n) is 7.03. The highest BCUT2D eigenvalue weighted by Crippen LogP contribution is 2.53. The van der Waals surface area contributed by atoms with E-state index in [0.29, 0.717) is 24.7 Å². The topological polar surface area (TPSA) is 54.4 Å². The van der Waals surface area contributed by atoms with Crippen molar-refractivity contribution in [3.05, 3.63) is 5.92 Å². The first kappa shape index (κ1) is 8.51. The van der Waals surface area contributed by atoms with Crippen molar-refractivity contribution >= 4 is 10.1 Å². The molecule has 2 rings (SSSR count). The van der Waals surface area contributed by atoms with Crippen LogP contribution < -0.4 is 0 Å². The average Bonchev–Trinajstić information content (AvgIpc) is 2.24. The van der Waals surface area contributed by atoms with Crippen LogP contribution in [0.25, 0.3) is 0 Å². The highest BCUT2D eigenvalue weighted by molar-refractivity contribution is 7.86. The summed E-state index contributed by atoms with van der Waals surface area (Å²) in [5.41, 5.74) is 0. The van der Waals surface area contributed by atoms with E-state index in [4.69, 9.17) is 4.55 Å². The molecule has 2 saturated carbocycles. The third-order valence-electron chi connectivity index (χ3n) is 3.22. The Morgan fingerprint density at radius 2 is 2.08 bits per heavy atom. The normalized spacial score (nSPS) is 42.3. The van der Waals surface area contributed by atoms with Gasteiger partial charge in [-0.1, -0.05) is 6.92 Å². The van der Waals surface area contributed by atoms with Crippen LogP contribution in [0.15, 0.2) is 0 Å². The van der Waals surface area contributed by atoms with Crippen molar-refractivity contribution in [2.45, 2.75) is 31.4 Å². The second kappa shape index (κ2) is 2.45. The largest absolute Gasteiger partial charge is 0.285 e. The Hall–Kier alpha value is -0.0900. The van der Waals surface area contributed by atoms with Crippen LogP contribution in [-0.4, -0.2) is 18.2 Å². The van der Waals surface area contributed by atoms with Gasteiger partial charge in [0.05, 0.1) is 5.25 Å². The van der Waals surface area contributed by atoms with Gasteiger partial charge in [0.2, 0.25) is 0 Å². The van der Waals surface area contributed by atoms with Crippen LogP contribution >= 0.6 is 0 Å². The number of rotatable bonds is 1. The maximum Gasteiger partial charge on any atom is 0.267 e. The molecule has 0 saturated heterocycles. The van der Waals surface area contributed by atoms with Gasteiger partial charge in [-0.15, -0.1) is 0 Å². The molecule has 0 aromatic carbocycles. The van der Waals surface area contributed by atoms with Crippen LogP contribution in [-0.2, 0) is 10.1 Å². The van der Waals surface area contributed by atoms with E-state index in [-0.39, 0.29) is 0 Å². The fourth-order valence-electron chi connectivity index (χ4n) is 2.47. The Kier molecular flexibility index (Phi) is 1.74. The van der Waals surface area contributed by atoms with E-state index in [2.05, 4.69) is 6.92 Å². The Balaban J connectivity index is 2.08. The van der Waals surface area contributed by atoms with Crippen molar-refractivity contribution in [3.8, 4) is 0 Å². The van der Waals surface area contributed by atoms with Gasteiger partial charge in [-0.05, 0) is 37.0 Å². The molecule has 12 heavy (non-hydrogen) atoms. The molecule has 1 N–H and O–H groups in total. The van der Waals surface area contributed by atoms with Crippen LogP contribution in [0.2, 0.25) is 0 Å². The quantitative estimate of drug-likeness (QED) is 0.632. The van der Waals surface area contributed by atoms with Crippen molar-refractivity contribution in [3.63, 3.8) is 0 Å². The van der Waals surface area contributed by atoms with Crippen molar-refractivity contribution in [2.24, 2.45) is 11.8 Å². The molecule has 0 aliphatic heterocycles. The summed E-state index contributed by atoms with van der Waals surface area (Å²) in [4.78, 5) is 0. The Bertz CT molecular complexity index is 283. The van der Waals surface area contributed by atoms with E-state index in [1.807, 2.05) is 0 Å². The van der Waals surface area contributed by atoms with Gasteiger partial charge in [0, 0.05) is 0 Å². The van der Waals surface area contributed by atoms with E-state index >= 15 is 0 Å². The van der Waals surface area contributed by atoms with Crippen molar-refractivity contribution in [1.82, 2.24) is 0 Å². The van der Waals surface area contributed by atoms with Crippen molar-refractivity contribution < 1.29 is 13.0 Å². The molecule has 3 atom stereocenters. The molecule has 2 fully saturated rings. The smallest absolute Gasteiger partial charge is 0.267 e. The molecule has 0 spiro atoms. The maximum atomic E-state index is 10.8. The third-order valence-corrected chi connectivity index (χ3v) is 4.42. The first-order valence-electron chi connectivity index (χ1n) is 4.29. The van der Waals surface area contributed by atoms with E-state index < -0.39 is 15.4 Å². The molecular weight excluding hydrogens is 176 g/mol. The Morgan fingerprint density at radius 1 is 1.42 bits per heavy atom. The highest BCUT2D eigenvalue weighted by atomic mass is 32.2. The van der Waals surface area contributed by atoms with Crippen molar-refractivity contribution in [1.29, 1.82) is 0 Å². The zero-order chi connectivity index (χ0) is 8.93. The summed E-state index contributed by atoms with van der Waals surface area (Å²) in [5, 5.41) is -0.498. The fourth-order valence-corrected chi connectivity index (χ4v) is 3.34. The van der Waals surface area contributed by atoms with Gasteiger partial charge in [0.25, 0.3) is 10.1 Å². The SMILES string of the molecule is CC1C[C]2CC(S(=O)(=O)O)CC21. The number of hydrogen-bond acceptors (Lipinski definition) is 2. The minimum Gasteiger partial charge on any atom is -0.285 e. The molecule has 3 nitrogen and oxygen atoms in total. The molecule has 0 amide bonds. The molecule has 0 heterocycles. The average molecular weight is 189 g/mol. The second-order valence-corrected chi connectivity index (χ2v) is 5.72. The number of fused-ring (bicyclic) bond motifs is 1. The summed E-state index contributed by atoms with van der Waals surface area (Å²) in [6.45, 7) is 2.14. The zero-order valence-corrected chi connectivity index (χ0v) is 7.84. The van der Waals surface area contributed by atoms with Crippen LogP contribution in [0, 0.1) is 17.8 Å². The van der Waals surface area contributed by atoms with Gasteiger partial charge in [-0.2, -0.15) is 8.42 Å². The van der Waals surface area contributed by atoms with Crippen LogP contribution in [0.1, 0.15) is 26.2 Å². The van der Waals surface area contributed by atoms with Crippen LogP contribution in [0.4, 0.5) is 0 Å². The lowest BCUT2D eigenvalue weighted by Gasteiger charge is -2.37. The minimum absolute atomic E-state index is 0.483. The summed E-state index contributed by atoms with van der Waals surface area (Å²) in [6, 6.07) is 0. The maximum absolute atomic E-state index is 10.8. The van der Waals surface area contributed by atoms with E-state index in [1.165, 1.54) is 5.92 Å². The summed E-state index contributed by atoms with van der Waals surface area (Å²) in [5.74, 6) is 2.47. The first-order chi connectivity index (χ1) is 5.48. The van der Waals surface area contributed by atoms with Gasteiger partial charge >= 0.3 is 0 Å². The highest BCUT2D eigenvalue weighted by Gasteiger charge is 2.49. The van der Waals surface area contributed by atoms with Gasteiger partial charge in [0.15, 0.2) is 0 Å². The summed E-state index contributed by atoms with van der Waals surface area (Å²) in [7, 11) is -3.77. The predicted octanol–water partition coefficient (Wildman–Crippen LogP) is 1.27. The lowest BCUT2D eigenvalue weighted by atomic mass is 9.68. The van der Waals surface area contributed by atoms with Gasteiger partial charge in [-0.3, -0.25) is 4.55 Å². The fraction of sp³-hybridized carbons (Fsp3) is 0.875. The van der Waals surface area contributed by atoms with Gasteiger partial charge in [-0.25, -0.2) is 0 Å². The molecular formula is C8H13O3S. The van der Waals surface area contributed by atoms with Crippen LogP contribution in [0.5, 0.6) is 0 Å². The van der Waals surface area contributed by atoms with E-state index in [0.717, 1.165) is 6.42 Å². The molecule has 3 unspecified atom stereocenters. The first-order valence-corrected chi connectivity index (χ1v) is 5.79. The molecule has 0 aromatic heterocycles. The lowest BCUT2D eigenvalue weighted by molar-refractivity contribution is 0.259. The van der Waals surface area contributed by atoms with E-state index in [1.54, 1.807) is 0 Å². The van der Waals surface area contributed by atoms with Gasteiger partial charge < -0.3 is 0 Å². The molecule has 0 bridgehead atoms.